The van der Waals surface area contributed by atoms with Crippen LogP contribution in [0.1, 0.15) is 35.7 Å². The predicted molar refractivity (Wildman–Crippen MR) is 120 cm³/mol. The molecule has 1 aromatic carbocycles. The van der Waals surface area contributed by atoms with E-state index in [0.29, 0.717) is 19.0 Å². The summed E-state index contributed by atoms with van der Waals surface area (Å²) < 4.78 is 2.26. The van der Waals surface area contributed by atoms with E-state index < -0.39 is 0 Å². The quantitative estimate of drug-likeness (QED) is 0.655. The van der Waals surface area contributed by atoms with Crippen LogP contribution in [0.25, 0.3) is 11.4 Å². The minimum atomic E-state index is 0.228. The summed E-state index contributed by atoms with van der Waals surface area (Å²) in [5, 5.41) is 0. The molecule has 2 aliphatic rings. The maximum absolute atomic E-state index is 13.2. The smallest absolute Gasteiger partial charge is 0.237 e. The highest BCUT2D eigenvalue weighted by Crippen LogP contribution is 2.28. The number of aromatic nitrogens is 3. The van der Waals surface area contributed by atoms with Crippen molar-refractivity contribution in [3.05, 3.63) is 71.8 Å². The highest BCUT2D eigenvalue weighted by molar-refractivity contribution is 5.78. The lowest BCUT2D eigenvalue weighted by molar-refractivity contribution is -0.134. The Morgan fingerprint density at radius 3 is 2.68 bits per heavy atom. The number of hydrogen-bond donors (Lipinski definition) is 0. The second kappa shape index (κ2) is 8.63. The number of rotatable bonds is 4. The fourth-order valence-electron chi connectivity index (χ4n) is 4.95. The molecule has 2 aromatic heterocycles. The number of carbonyl (C=O) groups excluding carboxylic acids is 1. The number of piperidine rings is 1. The van der Waals surface area contributed by atoms with E-state index in [1.54, 1.807) is 12.4 Å². The molecule has 1 fully saturated rings. The lowest BCUT2D eigenvalue weighted by Crippen LogP contribution is -2.46. The average molecular weight is 416 g/mol. The third-order valence-electron chi connectivity index (χ3n) is 6.63. The van der Waals surface area contributed by atoms with E-state index >= 15 is 0 Å². The molecule has 3 aromatic rings. The fraction of sp³-hybridized carbons (Fsp3) is 0.400. The molecule has 6 heteroatoms. The fourth-order valence-corrected chi connectivity index (χ4v) is 4.95. The maximum Gasteiger partial charge on any atom is 0.237 e. The summed E-state index contributed by atoms with van der Waals surface area (Å²) in [6.07, 6.45) is 5.95. The third-order valence-corrected chi connectivity index (χ3v) is 6.63. The molecule has 0 radical (unpaired) electrons. The summed E-state index contributed by atoms with van der Waals surface area (Å²) in [6, 6.07) is 14.7. The highest BCUT2D eigenvalue weighted by Gasteiger charge is 2.28. The molecule has 2 aliphatic heterocycles. The molecule has 0 aliphatic carbocycles. The van der Waals surface area contributed by atoms with Gasteiger partial charge in [0, 0.05) is 37.6 Å². The zero-order valence-electron chi connectivity index (χ0n) is 18.1. The van der Waals surface area contributed by atoms with E-state index in [1.807, 2.05) is 24.0 Å². The average Bonchev–Trinajstić information content (AvgIpc) is 3.16. The monoisotopic (exact) mass is 415 g/mol. The summed E-state index contributed by atoms with van der Waals surface area (Å²) in [7, 11) is 0. The van der Waals surface area contributed by atoms with Crippen LogP contribution in [0, 0.1) is 6.92 Å². The van der Waals surface area contributed by atoms with Crippen LogP contribution in [0.4, 0.5) is 0 Å². The van der Waals surface area contributed by atoms with E-state index in [4.69, 9.17) is 4.98 Å². The Hall–Kier alpha value is -2.99. The van der Waals surface area contributed by atoms with Gasteiger partial charge in [0.25, 0.3) is 0 Å². The van der Waals surface area contributed by atoms with Gasteiger partial charge in [-0.05, 0) is 49.9 Å². The number of benzene rings is 1. The van der Waals surface area contributed by atoms with Crippen molar-refractivity contribution in [2.45, 2.75) is 38.8 Å². The van der Waals surface area contributed by atoms with Crippen molar-refractivity contribution in [2.24, 2.45) is 0 Å². The topological polar surface area (TPSA) is 54.3 Å². The summed E-state index contributed by atoms with van der Waals surface area (Å²) in [5.41, 5.74) is 4.61. The van der Waals surface area contributed by atoms with Crippen LogP contribution in [0.15, 0.2) is 54.9 Å². The van der Waals surface area contributed by atoms with E-state index in [1.165, 1.54) is 12.0 Å². The van der Waals surface area contributed by atoms with Gasteiger partial charge in [-0.2, -0.15) is 0 Å². The first kappa shape index (κ1) is 19.9. The van der Waals surface area contributed by atoms with Gasteiger partial charge in [-0.15, -0.1) is 0 Å². The number of hydrogen-bond acceptors (Lipinski definition) is 4. The van der Waals surface area contributed by atoms with Crippen molar-refractivity contribution in [3.8, 4) is 11.4 Å². The molecule has 1 atom stereocenters. The van der Waals surface area contributed by atoms with Crippen molar-refractivity contribution in [2.75, 3.05) is 26.2 Å². The van der Waals surface area contributed by atoms with Crippen molar-refractivity contribution in [3.63, 3.8) is 0 Å². The first-order valence-electron chi connectivity index (χ1n) is 11.2. The molecule has 0 bridgehead atoms. The number of carbonyl (C=O) groups is 1. The maximum atomic E-state index is 13.2. The SMILES string of the molecule is Cc1nc(-c2ccncc2)n2c1CN(C(=O)CN1CCCC(c3ccccc3)C1)CC2. The number of pyridine rings is 1. The normalized spacial score (nSPS) is 19.3. The molecule has 1 amide bonds. The van der Waals surface area contributed by atoms with Crippen molar-refractivity contribution in [1.82, 2.24) is 24.3 Å². The van der Waals surface area contributed by atoms with Crippen LogP contribution in [-0.4, -0.2) is 56.4 Å². The Balaban J connectivity index is 1.25. The number of likely N-dealkylation sites (tertiary alicyclic amines) is 1. The molecule has 4 heterocycles. The summed E-state index contributed by atoms with van der Waals surface area (Å²) in [6.45, 7) is 6.67. The van der Waals surface area contributed by atoms with Gasteiger partial charge in [0.15, 0.2) is 0 Å². The largest absolute Gasteiger partial charge is 0.334 e. The van der Waals surface area contributed by atoms with Gasteiger partial charge in [0.1, 0.15) is 5.82 Å². The number of amides is 1. The van der Waals surface area contributed by atoms with Crippen molar-refractivity contribution in [1.29, 1.82) is 0 Å². The van der Waals surface area contributed by atoms with Crippen LogP contribution in [0.5, 0.6) is 0 Å². The summed E-state index contributed by atoms with van der Waals surface area (Å²) in [5.74, 6) is 1.73. The van der Waals surface area contributed by atoms with Crippen molar-refractivity contribution < 1.29 is 4.79 Å². The van der Waals surface area contributed by atoms with Crippen molar-refractivity contribution >= 4 is 5.91 Å². The number of aryl methyl sites for hydroxylation is 1. The molecular formula is C25H29N5O. The van der Waals surface area contributed by atoms with Crippen LogP contribution < -0.4 is 0 Å². The van der Waals surface area contributed by atoms with E-state index in [-0.39, 0.29) is 5.91 Å². The molecular weight excluding hydrogens is 386 g/mol. The lowest BCUT2D eigenvalue weighted by Gasteiger charge is -2.35. The zero-order chi connectivity index (χ0) is 21.2. The number of fused-ring (bicyclic) bond motifs is 1. The predicted octanol–water partition coefficient (Wildman–Crippen LogP) is 3.48. The minimum absolute atomic E-state index is 0.228. The standard InChI is InChI=1S/C25H29N5O/c1-19-23-17-29(14-15-30(23)25(27-19)21-9-11-26-12-10-21)24(31)18-28-13-5-8-22(16-28)20-6-3-2-4-7-20/h2-4,6-7,9-12,22H,5,8,13-18H2,1H3. The molecule has 1 unspecified atom stereocenters. The first-order chi connectivity index (χ1) is 15.2. The zero-order valence-corrected chi connectivity index (χ0v) is 18.1. The van der Waals surface area contributed by atoms with Gasteiger partial charge in [0.05, 0.1) is 24.5 Å². The minimum Gasteiger partial charge on any atom is -0.334 e. The Kier molecular flexibility index (Phi) is 5.55. The van der Waals surface area contributed by atoms with Gasteiger partial charge in [0.2, 0.25) is 5.91 Å². The highest BCUT2D eigenvalue weighted by atomic mass is 16.2. The first-order valence-corrected chi connectivity index (χ1v) is 11.2. The number of imidazole rings is 1. The van der Waals surface area contributed by atoms with E-state index in [2.05, 4.69) is 44.8 Å². The Morgan fingerprint density at radius 1 is 1.06 bits per heavy atom. The second-order valence-corrected chi connectivity index (χ2v) is 8.66. The van der Waals surface area contributed by atoms with Gasteiger partial charge in [-0.3, -0.25) is 14.7 Å². The lowest BCUT2D eigenvalue weighted by atomic mass is 9.91. The summed E-state index contributed by atoms with van der Waals surface area (Å²) in [4.78, 5) is 26.4. The molecule has 31 heavy (non-hydrogen) atoms. The molecule has 0 saturated carbocycles. The van der Waals surface area contributed by atoms with Gasteiger partial charge >= 0.3 is 0 Å². The second-order valence-electron chi connectivity index (χ2n) is 8.66. The Labute approximate surface area is 183 Å². The molecule has 6 nitrogen and oxygen atoms in total. The van der Waals surface area contributed by atoms with Gasteiger partial charge < -0.3 is 9.47 Å². The van der Waals surface area contributed by atoms with E-state index in [0.717, 1.165) is 55.4 Å². The molecule has 1 saturated heterocycles. The summed E-state index contributed by atoms with van der Waals surface area (Å²) >= 11 is 0. The Bertz CT molecular complexity index is 1050. The molecule has 0 spiro atoms. The van der Waals surface area contributed by atoms with Gasteiger partial charge in [-0.25, -0.2) is 4.98 Å². The van der Waals surface area contributed by atoms with Crippen LogP contribution >= 0.6 is 0 Å². The number of nitrogens with zero attached hydrogens (tertiary/aromatic N) is 5. The Morgan fingerprint density at radius 2 is 1.87 bits per heavy atom. The molecule has 160 valence electrons. The third kappa shape index (κ3) is 4.12. The van der Waals surface area contributed by atoms with Gasteiger partial charge in [-0.1, -0.05) is 30.3 Å². The van der Waals surface area contributed by atoms with Crippen LogP contribution in [-0.2, 0) is 17.9 Å². The van der Waals surface area contributed by atoms with Crippen LogP contribution in [0.2, 0.25) is 0 Å². The molecule has 5 rings (SSSR count). The van der Waals surface area contributed by atoms with Crippen LogP contribution in [0.3, 0.4) is 0 Å². The van der Waals surface area contributed by atoms with E-state index in [9.17, 15) is 4.79 Å². The molecule has 0 N–H and O–H groups in total.